The minimum Gasteiger partial charge on any atom is -0.361 e. The van der Waals surface area contributed by atoms with Crippen molar-refractivity contribution in [3.8, 4) is 0 Å². The number of nitrogens with one attached hydrogen (secondary N) is 5. The van der Waals surface area contributed by atoms with Gasteiger partial charge in [0.2, 0.25) is 5.91 Å². The SMILES string of the molecule is CC(C)(N)C(=O)NCC(=N)N(Cc1cccc2ccccc12)C(=N)CCc1c[nH]c2ccccc12.Cc1c[nH]c2ccccc12. The number of H-pyrrole nitrogens is 2. The van der Waals surface area contributed by atoms with E-state index >= 15 is 0 Å². The first kappa shape index (κ1) is 31.2. The number of nitrogens with zero attached hydrogens (tertiary/aromatic N) is 1. The Morgan fingerprint density at radius 3 is 2.09 bits per heavy atom. The van der Waals surface area contributed by atoms with E-state index in [1.54, 1.807) is 18.7 Å². The first-order valence-electron chi connectivity index (χ1n) is 15.2. The highest BCUT2D eigenvalue weighted by molar-refractivity contribution is 6.01. The van der Waals surface area contributed by atoms with Gasteiger partial charge in [-0.15, -0.1) is 0 Å². The molecule has 0 atom stereocenters. The Hall–Kier alpha value is -5.21. The van der Waals surface area contributed by atoms with Gasteiger partial charge in [-0.25, -0.2) is 0 Å². The van der Waals surface area contributed by atoms with Gasteiger partial charge in [0.15, 0.2) is 0 Å². The predicted molar refractivity (Wildman–Crippen MR) is 186 cm³/mol. The molecule has 0 bridgehead atoms. The summed E-state index contributed by atoms with van der Waals surface area (Å²) < 4.78 is 0. The van der Waals surface area contributed by atoms with Gasteiger partial charge in [0, 0.05) is 40.6 Å². The lowest BCUT2D eigenvalue weighted by Gasteiger charge is -2.27. The number of amides is 1. The average molecular weight is 600 g/mol. The molecule has 7 N–H and O–H groups in total. The topological polar surface area (TPSA) is 138 Å². The van der Waals surface area contributed by atoms with Gasteiger partial charge >= 0.3 is 0 Å². The smallest absolute Gasteiger partial charge is 0.239 e. The molecule has 2 aromatic heterocycles. The van der Waals surface area contributed by atoms with Crippen LogP contribution in [0.15, 0.2) is 103 Å². The quantitative estimate of drug-likeness (QED) is 0.0826. The molecular weight excluding hydrogens is 558 g/mol. The Balaban J connectivity index is 0.000000336. The van der Waals surface area contributed by atoms with E-state index in [9.17, 15) is 4.79 Å². The maximum atomic E-state index is 12.3. The monoisotopic (exact) mass is 599 g/mol. The maximum Gasteiger partial charge on any atom is 0.239 e. The van der Waals surface area contributed by atoms with E-state index in [0.29, 0.717) is 25.2 Å². The summed E-state index contributed by atoms with van der Waals surface area (Å²) in [5.74, 6) is 0.145. The molecule has 4 aromatic carbocycles. The third-order valence-corrected chi connectivity index (χ3v) is 7.96. The molecule has 0 aliphatic heterocycles. The molecule has 0 saturated carbocycles. The summed E-state index contributed by atoms with van der Waals surface area (Å²) in [6, 6.07) is 30.6. The van der Waals surface area contributed by atoms with Crippen molar-refractivity contribution in [1.82, 2.24) is 20.2 Å². The number of benzene rings is 4. The maximum absolute atomic E-state index is 12.3. The third-order valence-electron chi connectivity index (χ3n) is 7.96. The number of aryl methyl sites for hydroxylation is 2. The second-order valence-electron chi connectivity index (χ2n) is 11.9. The standard InChI is InChI=1S/C28H32N6O.C9H9N/c1-28(2,31)27(35)33-17-26(30)34(18-21-10-7-9-19-8-3-4-11-22(19)21)25(29)15-14-20-16-32-24-13-6-5-12-23(20)24;1-7-6-10-9-5-3-2-4-8(7)9/h3-13,16,29-30,32H,14-15,17-18,31H2,1-2H3,(H,33,35);2-6,10H,1H3. The number of fused-ring (bicyclic) bond motifs is 3. The van der Waals surface area contributed by atoms with Crippen molar-refractivity contribution in [2.45, 2.75) is 45.7 Å². The van der Waals surface area contributed by atoms with Crippen LogP contribution < -0.4 is 11.1 Å². The van der Waals surface area contributed by atoms with E-state index in [1.807, 2.05) is 60.9 Å². The van der Waals surface area contributed by atoms with Crippen LogP contribution in [-0.4, -0.2) is 44.5 Å². The van der Waals surface area contributed by atoms with Crippen LogP contribution in [0.3, 0.4) is 0 Å². The van der Waals surface area contributed by atoms with E-state index in [1.165, 1.54) is 16.5 Å². The van der Waals surface area contributed by atoms with Crippen LogP contribution in [0.5, 0.6) is 0 Å². The van der Waals surface area contributed by atoms with Crippen molar-refractivity contribution >= 4 is 50.2 Å². The van der Waals surface area contributed by atoms with E-state index in [0.717, 1.165) is 32.8 Å². The van der Waals surface area contributed by atoms with Gasteiger partial charge in [-0.05, 0) is 66.8 Å². The van der Waals surface area contributed by atoms with Crippen molar-refractivity contribution < 1.29 is 4.79 Å². The summed E-state index contributed by atoms with van der Waals surface area (Å²) in [6.07, 6.45) is 5.15. The van der Waals surface area contributed by atoms with Crippen LogP contribution in [0, 0.1) is 17.7 Å². The Kier molecular flexibility index (Phi) is 9.45. The van der Waals surface area contributed by atoms with E-state index in [2.05, 4.69) is 64.7 Å². The van der Waals surface area contributed by atoms with Crippen LogP contribution in [0.25, 0.3) is 32.6 Å². The largest absolute Gasteiger partial charge is 0.361 e. The van der Waals surface area contributed by atoms with Crippen LogP contribution in [-0.2, 0) is 17.8 Å². The van der Waals surface area contributed by atoms with E-state index < -0.39 is 5.54 Å². The van der Waals surface area contributed by atoms with Crippen LogP contribution in [0.4, 0.5) is 0 Å². The van der Waals surface area contributed by atoms with Gasteiger partial charge in [-0.1, -0.05) is 78.9 Å². The van der Waals surface area contributed by atoms with Crippen molar-refractivity contribution in [2.75, 3.05) is 6.54 Å². The third kappa shape index (κ3) is 7.48. The lowest BCUT2D eigenvalue weighted by Crippen LogP contribution is -2.52. The normalized spacial score (nSPS) is 11.3. The molecule has 0 radical (unpaired) electrons. The zero-order valence-electron chi connectivity index (χ0n) is 26.1. The number of amidine groups is 2. The minimum absolute atomic E-state index is 0.000303. The number of rotatable bonds is 8. The molecule has 0 fully saturated rings. The second-order valence-corrected chi connectivity index (χ2v) is 11.9. The molecule has 45 heavy (non-hydrogen) atoms. The first-order chi connectivity index (χ1) is 21.6. The minimum atomic E-state index is -1.04. The second kappa shape index (κ2) is 13.6. The summed E-state index contributed by atoms with van der Waals surface area (Å²) in [7, 11) is 0. The average Bonchev–Trinajstić information content (AvgIpc) is 3.64. The van der Waals surface area contributed by atoms with Crippen molar-refractivity contribution in [3.05, 3.63) is 120 Å². The van der Waals surface area contributed by atoms with E-state index in [4.69, 9.17) is 16.6 Å². The molecule has 0 aliphatic rings. The Morgan fingerprint density at radius 1 is 0.778 bits per heavy atom. The predicted octanol–water partition coefficient (Wildman–Crippen LogP) is 7.04. The van der Waals surface area contributed by atoms with Crippen LogP contribution in [0.2, 0.25) is 0 Å². The van der Waals surface area contributed by atoms with Crippen molar-refractivity contribution in [3.63, 3.8) is 0 Å². The number of carbonyl (C=O) groups excluding carboxylic acids is 1. The molecule has 230 valence electrons. The van der Waals surface area contributed by atoms with Gasteiger partial charge in [0.05, 0.1) is 18.6 Å². The zero-order valence-corrected chi connectivity index (χ0v) is 26.1. The highest BCUT2D eigenvalue weighted by Crippen LogP contribution is 2.23. The van der Waals surface area contributed by atoms with Gasteiger partial charge in [-0.3, -0.25) is 15.6 Å². The molecule has 8 heteroatoms. The fourth-order valence-electron chi connectivity index (χ4n) is 5.38. The highest BCUT2D eigenvalue weighted by Gasteiger charge is 2.23. The summed E-state index contributed by atoms with van der Waals surface area (Å²) >= 11 is 0. The van der Waals surface area contributed by atoms with Crippen LogP contribution in [0.1, 0.15) is 37.0 Å². The molecule has 6 aromatic rings. The first-order valence-corrected chi connectivity index (χ1v) is 15.2. The molecular formula is C37H41N7O. The molecule has 0 unspecified atom stereocenters. The molecule has 2 heterocycles. The molecule has 0 aliphatic carbocycles. The number of hydrogen-bond acceptors (Lipinski definition) is 4. The summed E-state index contributed by atoms with van der Waals surface area (Å²) in [4.78, 5) is 20.4. The molecule has 8 nitrogen and oxygen atoms in total. The number of hydrogen-bond donors (Lipinski definition) is 6. The zero-order chi connectivity index (χ0) is 32.0. The number of aromatic nitrogens is 2. The van der Waals surface area contributed by atoms with Gasteiger partial charge in [-0.2, -0.15) is 0 Å². The highest BCUT2D eigenvalue weighted by atomic mass is 16.2. The Bertz CT molecular complexity index is 1960. The lowest BCUT2D eigenvalue weighted by atomic mass is 10.0. The van der Waals surface area contributed by atoms with Crippen LogP contribution >= 0.6 is 0 Å². The fraction of sp³-hybridized carbons (Fsp3) is 0.216. The summed E-state index contributed by atoms with van der Waals surface area (Å²) in [5.41, 5.74) is 10.6. The lowest BCUT2D eigenvalue weighted by molar-refractivity contribution is -0.124. The van der Waals surface area contributed by atoms with Crippen molar-refractivity contribution in [2.24, 2.45) is 5.73 Å². The number of aromatic amines is 2. The Labute approximate surface area is 263 Å². The molecule has 0 spiro atoms. The summed E-state index contributed by atoms with van der Waals surface area (Å²) in [6.45, 7) is 5.74. The molecule has 6 rings (SSSR count). The van der Waals surface area contributed by atoms with E-state index in [-0.39, 0.29) is 18.3 Å². The Morgan fingerprint density at radius 2 is 1.38 bits per heavy atom. The molecule has 1 amide bonds. The van der Waals surface area contributed by atoms with Gasteiger partial charge in [0.1, 0.15) is 11.7 Å². The number of carbonyl (C=O) groups is 1. The summed E-state index contributed by atoms with van der Waals surface area (Å²) in [5, 5.41) is 25.0. The molecule has 0 saturated heterocycles. The van der Waals surface area contributed by atoms with Gasteiger partial charge < -0.3 is 25.9 Å². The van der Waals surface area contributed by atoms with Crippen molar-refractivity contribution in [1.29, 1.82) is 10.8 Å². The van der Waals surface area contributed by atoms with Gasteiger partial charge in [0.25, 0.3) is 0 Å². The number of para-hydroxylation sites is 2. The number of nitrogens with two attached hydrogens (primary N) is 1. The fourth-order valence-corrected chi connectivity index (χ4v) is 5.38.